The van der Waals surface area contributed by atoms with Crippen LogP contribution in [0.3, 0.4) is 0 Å². The van der Waals surface area contributed by atoms with Crippen molar-refractivity contribution < 1.29 is 0 Å². The lowest BCUT2D eigenvalue weighted by Gasteiger charge is -2.06. The molecule has 17 heavy (non-hydrogen) atoms. The Balaban J connectivity index is 1.76. The average molecular weight is 310 g/mol. The van der Waals surface area contributed by atoms with Crippen LogP contribution in [0.4, 0.5) is 0 Å². The predicted molar refractivity (Wildman–Crippen MR) is 78.6 cm³/mol. The van der Waals surface area contributed by atoms with Gasteiger partial charge in [0.2, 0.25) is 0 Å². The zero-order valence-electron chi connectivity index (χ0n) is 9.87. The number of halogens is 1. The van der Waals surface area contributed by atoms with E-state index in [1.54, 1.807) is 0 Å². The average Bonchev–Trinajstić information content (AvgIpc) is 2.82. The summed E-state index contributed by atoms with van der Waals surface area (Å²) in [6.45, 7) is 4.11. The summed E-state index contributed by atoms with van der Waals surface area (Å²) in [7, 11) is 0. The van der Waals surface area contributed by atoms with E-state index in [1.165, 1.54) is 20.5 Å². The molecule has 1 N–H and O–H groups in total. The summed E-state index contributed by atoms with van der Waals surface area (Å²) in [6.07, 6.45) is 1.12. The minimum Gasteiger partial charge on any atom is -0.312 e. The van der Waals surface area contributed by atoms with Crippen molar-refractivity contribution in [2.24, 2.45) is 0 Å². The number of aryl methyl sites for hydroxylation is 1. The minimum atomic E-state index is 0.944. The molecule has 0 fully saturated rings. The summed E-state index contributed by atoms with van der Waals surface area (Å²) in [5.74, 6) is 0. The first kappa shape index (κ1) is 12.8. The summed E-state index contributed by atoms with van der Waals surface area (Å²) < 4.78 is 1.18. The lowest BCUT2D eigenvalue weighted by molar-refractivity contribution is 0.690. The van der Waals surface area contributed by atoms with Gasteiger partial charge in [0.15, 0.2) is 0 Å². The van der Waals surface area contributed by atoms with E-state index in [9.17, 15) is 0 Å². The highest BCUT2D eigenvalue weighted by Crippen LogP contribution is 2.17. The number of thiophene rings is 1. The molecule has 2 aromatic rings. The number of hydrogen-bond acceptors (Lipinski definition) is 2. The second-order valence-corrected chi connectivity index (χ2v) is 5.98. The molecule has 0 amide bonds. The van der Waals surface area contributed by atoms with Crippen molar-refractivity contribution in [3.05, 3.63) is 56.2 Å². The molecule has 0 radical (unpaired) electrons. The van der Waals surface area contributed by atoms with Crippen LogP contribution < -0.4 is 5.32 Å². The summed E-state index contributed by atoms with van der Waals surface area (Å²) in [5.41, 5.74) is 2.64. The van der Waals surface area contributed by atoms with Crippen molar-refractivity contribution >= 4 is 27.3 Å². The molecule has 0 unspecified atom stereocenters. The SMILES string of the molecule is Cc1cc(CNCCc2cccs2)ccc1Br. The third-order valence-corrected chi connectivity index (χ3v) is 4.51. The molecule has 0 spiro atoms. The van der Waals surface area contributed by atoms with Gasteiger partial charge in [0.05, 0.1) is 0 Å². The topological polar surface area (TPSA) is 12.0 Å². The second-order valence-electron chi connectivity index (χ2n) is 4.09. The van der Waals surface area contributed by atoms with E-state index in [0.29, 0.717) is 0 Å². The van der Waals surface area contributed by atoms with Gasteiger partial charge in [-0.2, -0.15) is 0 Å². The molecule has 1 nitrogen and oxygen atoms in total. The van der Waals surface area contributed by atoms with Gasteiger partial charge in [0.25, 0.3) is 0 Å². The van der Waals surface area contributed by atoms with Crippen molar-refractivity contribution in [1.82, 2.24) is 5.32 Å². The van der Waals surface area contributed by atoms with Crippen molar-refractivity contribution in [3.8, 4) is 0 Å². The van der Waals surface area contributed by atoms with Crippen LogP contribution in [-0.4, -0.2) is 6.54 Å². The number of nitrogens with one attached hydrogen (secondary N) is 1. The van der Waals surface area contributed by atoms with Gasteiger partial charge in [-0.15, -0.1) is 11.3 Å². The van der Waals surface area contributed by atoms with Crippen LogP contribution in [0.15, 0.2) is 40.2 Å². The first-order valence-electron chi connectivity index (χ1n) is 5.74. The van der Waals surface area contributed by atoms with Crippen LogP contribution in [0.1, 0.15) is 16.0 Å². The summed E-state index contributed by atoms with van der Waals surface area (Å²) >= 11 is 5.35. The van der Waals surface area contributed by atoms with Gasteiger partial charge < -0.3 is 5.32 Å². The van der Waals surface area contributed by atoms with Crippen molar-refractivity contribution in [1.29, 1.82) is 0 Å². The molecule has 2 rings (SSSR count). The third-order valence-electron chi connectivity index (χ3n) is 2.68. The molecule has 0 aliphatic rings. The van der Waals surface area contributed by atoms with Gasteiger partial charge in [0, 0.05) is 22.4 Å². The highest BCUT2D eigenvalue weighted by molar-refractivity contribution is 9.10. The Morgan fingerprint density at radius 2 is 2.18 bits per heavy atom. The van der Waals surface area contributed by atoms with Crippen molar-refractivity contribution in [2.75, 3.05) is 6.54 Å². The minimum absolute atomic E-state index is 0.944. The van der Waals surface area contributed by atoms with E-state index in [2.05, 4.69) is 63.9 Å². The van der Waals surface area contributed by atoms with Crippen LogP contribution in [0.2, 0.25) is 0 Å². The quantitative estimate of drug-likeness (QED) is 0.818. The fraction of sp³-hybridized carbons (Fsp3) is 0.286. The largest absolute Gasteiger partial charge is 0.312 e. The van der Waals surface area contributed by atoms with Crippen LogP contribution in [-0.2, 0) is 13.0 Å². The molecular weight excluding hydrogens is 294 g/mol. The standard InChI is InChI=1S/C14H16BrNS/c1-11-9-12(4-5-14(11)15)10-16-7-6-13-3-2-8-17-13/h2-5,8-9,16H,6-7,10H2,1H3. The van der Waals surface area contributed by atoms with Gasteiger partial charge in [0.1, 0.15) is 0 Å². The number of rotatable bonds is 5. The molecule has 1 aromatic carbocycles. The number of hydrogen-bond donors (Lipinski definition) is 1. The second kappa shape index (κ2) is 6.34. The fourth-order valence-corrected chi connectivity index (χ4v) is 2.67. The maximum absolute atomic E-state index is 3.52. The maximum atomic E-state index is 3.52. The van der Waals surface area contributed by atoms with Gasteiger partial charge in [-0.25, -0.2) is 0 Å². The van der Waals surface area contributed by atoms with E-state index in [0.717, 1.165) is 19.5 Å². The summed E-state index contributed by atoms with van der Waals surface area (Å²) in [5, 5.41) is 5.61. The van der Waals surface area contributed by atoms with E-state index < -0.39 is 0 Å². The van der Waals surface area contributed by atoms with Crippen LogP contribution >= 0.6 is 27.3 Å². The van der Waals surface area contributed by atoms with Crippen LogP contribution in [0.5, 0.6) is 0 Å². The highest BCUT2D eigenvalue weighted by Gasteiger charge is 1.98. The zero-order chi connectivity index (χ0) is 12.1. The zero-order valence-corrected chi connectivity index (χ0v) is 12.3. The van der Waals surface area contributed by atoms with Crippen LogP contribution in [0, 0.1) is 6.92 Å². The summed E-state index contributed by atoms with van der Waals surface area (Å²) in [4.78, 5) is 1.45. The lowest BCUT2D eigenvalue weighted by Crippen LogP contribution is -2.16. The molecular formula is C14H16BrNS. The molecule has 0 aliphatic carbocycles. The van der Waals surface area contributed by atoms with Gasteiger partial charge in [-0.05, 0) is 42.0 Å². The maximum Gasteiger partial charge on any atom is 0.0205 e. The molecule has 0 saturated heterocycles. The van der Waals surface area contributed by atoms with E-state index in [1.807, 2.05) is 11.3 Å². The Hall–Kier alpha value is -0.640. The van der Waals surface area contributed by atoms with Crippen molar-refractivity contribution in [2.45, 2.75) is 19.9 Å². The molecule has 90 valence electrons. The lowest BCUT2D eigenvalue weighted by atomic mass is 10.1. The van der Waals surface area contributed by atoms with E-state index in [-0.39, 0.29) is 0 Å². The highest BCUT2D eigenvalue weighted by atomic mass is 79.9. The Morgan fingerprint density at radius 1 is 1.29 bits per heavy atom. The van der Waals surface area contributed by atoms with E-state index in [4.69, 9.17) is 0 Å². The fourth-order valence-electron chi connectivity index (χ4n) is 1.72. The third kappa shape index (κ3) is 3.95. The Kier molecular flexibility index (Phi) is 4.77. The Morgan fingerprint density at radius 3 is 2.88 bits per heavy atom. The van der Waals surface area contributed by atoms with Gasteiger partial charge >= 0.3 is 0 Å². The Labute approximate surface area is 115 Å². The monoisotopic (exact) mass is 309 g/mol. The molecule has 0 saturated carbocycles. The smallest absolute Gasteiger partial charge is 0.0205 e. The Bertz CT molecular complexity index is 465. The molecule has 0 aliphatic heterocycles. The normalized spacial score (nSPS) is 10.7. The summed E-state index contributed by atoms with van der Waals surface area (Å²) in [6, 6.07) is 10.8. The van der Waals surface area contributed by atoms with E-state index >= 15 is 0 Å². The first-order chi connectivity index (χ1) is 8.25. The number of benzene rings is 1. The molecule has 0 bridgehead atoms. The molecule has 1 aromatic heterocycles. The predicted octanol–water partition coefficient (Wildman–Crippen LogP) is 4.15. The van der Waals surface area contributed by atoms with Crippen LogP contribution in [0.25, 0.3) is 0 Å². The van der Waals surface area contributed by atoms with Gasteiger partial charge in [-0.1, -0.05) is 34.1 Å². The van der Waals surface area contributed by atoms with Gasteiger partial charge in [-0.3, -0.25) is 0 Å². The van der Waals surface area contributed by atoms with Crippen molar-refractivity contribution in [3.63, 3.8) is 0 Å². The molecule has 0 atom stereocenters. The molecule has 3 heteroatoms. The molecule has 1 heterocycles. The first-order valence-corrected chi connectivity index (χ1v) is 7.41.